The molecule has 186 valence electrons. The van der Waals surface area contributed by atoms with Crippen LogP contribution in [0.5, 0.6) is 5.88 Å². The Morgan fingerprint density at radius 2 is 1.80 bits per heavy atom. The van der Waals surface area contributed by atoms with Gasteiger partial charge in [-0.05, 0) is 69.2 Å². The number of nitrogens with one attached hydrogen (secondary N) is 1. The van der Waals surface area contributed by atoms with Gasteiger partial charge in [0.25, 0.3) is 5.91 Å². The van der Waals surface area contributed by atoms with Crippen molar-refractivity contribution in [2.75, 3.05) is 13.7 Å². The fourth-order valence-corrected chi connectivity index (χ4v) is 4.65. The van der Waals surface area contributed by atoms with Crippen LogP contribution in [-0.2, 0) is 16.1 Å². The van der Waals surface area contributed by atoms with E-state index in [0.29, 0.717) is 29.2 Å². The lowest BCUT2D eigenvalue weighted by Crippen LogP contribution is -2.32. The molecule has 1 fully saturated rings. The Balaban J connectivity index is 1.48. The van der Waals surface area contributed by atoms with Crippen molar-refractivity contribution in [2.24, 2.45) is 11.8 Å². The maximum Gasteiger partial charge on any atom is 0.308 e. The van der Waals surface area contributed by atoms with Crippen LogP contribution in [0.1, 0.15) is 52.9 Å². The molecule has 0 saturated heterocycles. The number of pyridine rings is 1. The van der Waals surface area contributed by atoms with E-state index in [1.54, 1.807) is 13.0 Å². The normalized spacial score (nSPS) is 17.9. The van der Waals surface area contributed by atoms with Crippen molar-refractivity contribution in [3.8, 4) is 5.88 Å². The first-order chi connectivity index (χ1) is 16.8. The van der Waals surface area contributed by atoms with Gasteiger partial charge in [0.2, 0.25) is 5.88 Å². The van der Waals surface area contributed by atoms with E-state index in [9.17, 15) is 18.4 Å². The number of hydrogen-bond donors (Lipinski definition) is 1. The maximum absolute atomic E-state index is 14.0. The molecule has 2 aromatic heterocycles. The van der Waals surface area contributed by atoms with E-state index in [0.717, 1.165) is 31.2 Å². The predicted molar refractivity (Wildman–Crippen MR) is 125 cm³/mol. The number of carbonyl (C=O) groups is 2. The van der Waals surface area contributed by atoms with Gasteiger partial charge in [-0.25, -0.2) is 8.78 Å². The number of aryl methyl sites for hydroxylation is 2. The zero-order chi connectivity index (χ0) is 25.1. The number of fused-ring (bicyclic) bond motifs is 1. The topological polar surface area (TPSA) is 81.9 Å². The van der Waals surface area contributed by atoms with E-state index in [4.69, 9.17) is 9.47 Å². The summed E-state index contributed by atoms with van der Waals surface area (Å²) in [6.07, 6.45) is 3.20. The Hall–Kier alpha value is -3.49. The average Bonchev–Trinajstić information content (AvgIpc) is 3.17. The van der Waals surface area contributed by atoms with Crippen LogP contribution in [-0.4, -0.2) is 35.1 Å². The molecule has 9 heteroatoms. The molecule has 0 bridgehead atoms. The highest BCUT2D eigenvalue weighted by Crippen LogP contribution is 2.29. The van der Waals surface area contributed by atoms with Gasteiger partial charge in [-0.3, -0.25) is 9.59 Å². The van der Waals surface area contributed by atoms with Crippen molar-refractivity contribution in [3.63, 3.8) is 0 Å². The number of amides is 1. The van der Waals surface area contributed by atoms with Gasteiger partial charge >= 0.3 is 5.97 Å². The summed E-state index contributed by atoms with van der Waals surface area (Å²) in [6.45, 7) is 3.77. The second-order valence-corrected chi connectivity index (χ2v) is 9.07. The molecule has 1 aliphatic rings. The zero-order valence-electron chi connectivity index (χ0n) is 20.1. The standard InChI is InChI=1S/C26H29F2N3O4/c1-15-11-22-24(25(32)29-13-17-7-9-18(10-8-17)26(33)34-3)16(2)30-31(22)23(12-15)35-14-19-20(27)5-4-6-21(19)28/h4-6,11-12,17-18H,7-10,13-14H2,1-3H3,(H,29,32). The molecule has 1 saturated carbocycles. The highest BCUT2D eigenvalue weighted by atomic mass is 19.1. The third-order valence-corrected chi connectivity index (χ3v) is 6.61. The Kier molecular flexibility index (Phi) is 7.33. The number of aromatic nitrogens is 2. The first-order valence-corrected chi connectivity index (χ1v) is 11.7. The minimum absolute atomic E-state index is 0.0620. The second-order valence-electron chi connectivity index (χ2n) is 9.07. The Bertz CT molecular complexity index is 1230. The molecule has 4 rings (SSSR count). The van der Waals surface area contributed by atoms with Gasteiger partial charge in [0.1, 0.15) is 18.2 Å². The number of benzene rings is 1. The van der Waals surface area contributed by atoms with Crippen molar-refractivity contribution in [2.45, 2.75) is 46.1 Å². The number of rotatable bonds is 7. The van der Waals surface area contributed by atoms with Gasteiger partial charge in [-0.1, -0.05) is 6.07 Å². The van der Waals surface area contributed by atoms with Crippen LogP contribution in [0.4, 0.5) is 8.78 Å². The molecular weight excluding hydrogens is 456 g/mol. The van der Waals surface area contributed by atoms with Crippen LogP contribution in [0.25, 0.3) is 5.52 Å². The monoisotopic (exact) mass is 485 g/mol. The molecule has 35 heavy (non-hydrogen) atoms. The first kappa shape index (κ1) is 24.6. The van der Waals surface area contributed by atoms with Crippen LogP contribution in [0.2, 0.25) is 0 Å². The van der Waals surface area contributed by atoms with Crippen LogP contribution in [0.3, 0.4) is 0 Å². The molecule has 2 heterocycles. The molecule has 0 radical (unpaired) electrons. The molecule has 3 aromatic rings. The SMILES string of the molecule is COC(=O)C1CCC(CNC(=O)c2c(C)nn3c(OCc4c(F)cccc4F)cc(C)cc23)CC1. The highest BCUT2D eigenvalue weighted by Gasteiger charge is 2.28. The molecule has 0 spiro atoms. The number of halogens is 2. The van der Waals surface area contributed by atoms with Crippen molar-refractivity contribution in [3.05, 3.63) is 64.4 Å². The summed E-state index contributed by atoms with van der Waals surface area (Å²) in [5.41, 5.74) is 2.14. The number of hydrogen-bond acceptors (Lipinski definition) is 5. The van der Waals surface area contributed by atoms with Crippen LogP contribution < -0.4 is 10.1 Å². The molecule has 7 nitrogen and oxygen atoms in total. The molecule has 1 aromatic carbocycles. The van der Waals surface area contributed by atoms with Gasteiger partial charge in [-0.15, -0.1) is 0 Å². The number of carbonyl (C=O) groups excluding carboxylic acids is 2. The van der Waals surface area contributed by atoms with E-state index in [1.807, 2.05) is 13.0 Å². The fraction of sp³-hybridized carbons (Fsp3) is 0.423. The largest absolute Gasteiger partial charge is 0.473 e. The number of esters is 1. The summed E-state index contributed by atoms with van der Waals surface area (Å²) < 4.78 is 40.1. The van der Waals surface area contributed by atoms with Gasteiger partial charge in [0.15, 0.2) is 0 Å². The van der Waals surface area contributed by atoms with Gasteiger partial charge in [0.05, 0.1) is 35.4 Å². The second kappa shape index (κ2) is 10.4. The quantitative estimate of drug-likeness (QED) is 0.498. The van der Waals surface area contributed by atoms with E-state index in [2.05, 4.69) is 10.4 Å². The lowest BCUT2D eigenvalue weighted by molar-refractivity contribution is -0.146. The molecule has 1 aliphatic carbocycles. The third kappa shape index (κ3) is 5.28. The number of methoxy groups -OCH3 is 1. The van der Waals surface area contributed by atoms with E-state index in [1.165, 1.54) is 29.8 Å². The maximum atomic E-state index is 14.0. The molecule has 0 unspecified atom stereocenters. The summed E-state index contributed by atoms with van der Waals surface area (Å²) in [5.74, 6) is -1.28. The van der Waals surface area contributed by atoms with E-state index in [-0.39, 0.29) is 35.8 Å². The minimum atomic E-state index is -0.689. The first-order valence-electron chi connectivity index (χ1n) is 11.7. The highest BCUT2D eigenvalue weighted by molar-refractivity contribution is 6.02. The molecule has 0 atom stereocenters. The molecule has 1 N–H and O–H groups in total. The van der Waals surface area contributed by atoms with Crippen LogP contribution >= 0.6 is 0 Å². The molecule has 0 aliphatic heterocycles. The van der Waals surface area contributed by atoms with Crippen molar-refractivity contribution >= 4 is 17.4 Å². The Morgan fingerprint density at radius 3 is 2.46 bits per heavy atom. The van der Waals surface area contributed by atoms with Crippen molar-refractivity contribution < 1.29 is 27.8 Å². The fourth-order valence-electron chi connectivity index (χ4n) is 4.65. The Labute approximate surface area is 202 Å². The Morgan fingerprint density at radius 1 is 1.11 bits per heavy atom. The average molecular weight is 486 g/mol. The lowest BCUT2D eigenvalue weighted by atomic mass is 9.82. The summed E-state index contributed by atoms with van der Waals surface area (Å²) >= 11 is 0. The van der Waals surface area contributed by atoms with Gasteiger partial charge in [-0.2, -0.15) is 9.61 Å². The van der Waals surface area contributed by atoms with E-state index < -0.39 is 11.6 Å². The molecular formula is C26H29F2N3O4. The molecule has 1 amide bonds. The summed E-state index contributed by atoms with van der Waals surface area (Å²) in [6, 6.07) is 7.18. The van der Waals surface area contributed by atoms with Crippen molar-refractivity contribution in [1.82, 2.24) is 14.9 Å². The van der Waals surface area contributed by atoms with Gasteiger partial charge < -0.3 is 14.8 Å². The van der Waals surface area contributed by atoms with E-state index >= 15 is 0 Å². The van der Waals surface area contributed by atoms with Crippen LogP contribution in [0.15, 0.2) is 30.3 Å². The summed E-state index contributed by atoms with van der Waals surface area (Å²) in [4.78, 5) is 24.8. The summed E-state index contributed by atoms with van der Waals surface area (Å²) in [5, 5.41) is 7.47. The zero-order valence-corrected chi connectivity index (χ0v) is 20.1. The minimum Gasteiger partial charge on any atom is -0.473 e. The summed E-state index contributed by atoms with van der Waals surface area (Å²) in [7, 11) is 1.41. The van der Waals surface area contributed by atoms with Gasteiger partial charge in [0, 0.05) is 12.6 Å². The smallest absolute Gasteiger partial charge is 0.308 e. The van der Waals surface area contributed by atoms with Crippen LogP contribution in [0, 0.1) is 37.3 Å². The number of ether oxygens (including phenoxy) is 2. The predicted octanol–water partition coefficient (Wildman–Crippen LogP) is 4.52. The van der Waals surface area contributed by atoms with Crippen molar-refractivity contribution in [1.29, 1.82) is 0 Å². The third-order valence-electron chi connectivity index (χ3n) is 6.61. The lowest BCUT2D eigenvalue weighted by Gasteiger charge is -2.26. The number of nitrogens with zero attached hydrogens (tertiary/aromatic N) is 2.